The Morgan fingerprint density at radius 2 is 1.52 bits per heavy atom. The Labute approximate surface area is 192 Å². The predicted octanol–water partition coefficient (Wildman–Crippen LogP) is 4.82. The topological polar surface area (TPSA) is 78.0 Å². The Hall–Kier alpha value is -4.36. The number of hydrogen-bond donors (Lipinski definition) is 0. The molecular weight excluding hydrogens is 436 g/mol. The van der Waals surface area contributed by atoms with Crippen LogP contribution in [0.3, 0.4) is 0 Å². The molecule has 8 heteroatoms. The molecular formula is C25H15ClN6O. The fraction of sp³-hybridized carbons (Fsp3) is 0. The van der Waals surface area contributed by atoms with Crippen LogP contribution in [0.25, 0.3) is 38.9 Å². The molecule has 0 saturated heterocycles. The smallest absolute Gasteiger partial charge is 0.268 e. The summed E-state index contributed by atoms with van der Waals surface area (Å²) >= 11 is 5.99. The highest BCUT2D eigenvalue weighted by atomic mass is 35.5. The summed E-state index contributed by atoms with van der Waals surface area (Å²) < 4.78 is 3.07. The Morgan fingerprint density at radius 1 is 0.818 bits per heavy atom. The molecule has 0 bridgehead atoms. The van der Waals surface area contributed by atoms with Gasteiger partial charge in [0.05, 0.1) is 22.9 Å². The van der Waals surface area contributed by atoms with Gasteiger partial charge in [0.15, 0.2) is 11.3 Å². The number of aromatic nitrogens is 5. The van der Waals surface area contributed by atoms with E-state index in [0.29, 0.717) is 38.3 Å². The van der Waals surface area contributed by atoms with Crippen molar-refractivity contribution in [3.63, 3.8) is 0 Å². The highest BCUT2D eigenvalue weighted by Gasteiger charge is 2.20. The molecule has 0 saturated carbocycles. The Balaban J connectivity index is 1.67. The van der Waals surface area contributed by atoms with E-state index in [9.17, 15) is 4.79 Å². The first kappa shape index (κ1) is 19.3. The van der Waals surface area contributed by atoms with Gasteiger partial charge < -0.3 is 0 Å². The average molecular weight is 451 g/mol. The minimum absolute atomic E-state index is 0.235. The first-order chi connectivity index (χ1) is 16.2. The van der Waals surface area contributed by atoms with Gasteiger partial charge in [0.25, 0.3) is 5.56 Å². The van der Waals surface area contributed by atoms with E-state index in [4.69, 9.17) is 21.6 Å². The zero-order valence-corrected chi connectivity index (χ0v) is 17.9. The van der Waals surface area contributed by atoms with Gasteiger partial charge in [0.1, 0.15) is 17.2 Å². The van der Waals surface area contributed by atoms with Crippen LogP contribution in [-0.4, -0.2) is 30.4 Å². The second-order valence-corrected chi connectivity index (χ2v) is 7.88. The van der Waals surface area contributed by atoms with Crippen molar-refractivity contribution in [1.29, 1.82) is 0 Å². The molecule has 0 amide bonds. The highest BCUT2D eigenvalue weighted by molar-refractivity contribution is 6.30. The lowest BCUT2D eigenvalue weighted by Crippen LogP contribution is -2.18. The third kappa shape index (κ3) is 3.26. The monoisotopic (exact) mass is 450 g/mol. The molecule has 0 aliphatic rings. The standard InChI is InChI=1S/C25H15ClN6O/c26-17-12-10-16(11-13-17)14-28-32-23-21(22-24(32)30-20-9-5-4-8-19(20)29-22)25(33)31(15-27-23)18-6-2-1-3-7-18/h1-15H. The molecule has 0 atom stereocenters. The summed E-state index contributed by atoms with van der Waals surface area (Å²) in [6, 6.07) is 24.2. The van der Waals surface area contributed by atoms with Crippen LogP contribution in [0.15, 0.2) is 95.1 Å². The molecule has 7 nitrogen and oxygen atoms in total. The van der Waals surface area contributed by atoms with E-state index < -0.39 is 0 Å². The van der Waals surface area contributed by atoms with Crippen LogP contribution in [0.4, 0.5) is 0 Å². The van der Waals surface area contributed by atoms with Crippen molar-refractivity contribution in [2.24, 2.45) is 5.10 Å². The van der Waals surface area contributed by atoms with Gasteiger partial charge in [-0.3, -0.25) is 9.36 Å². The second kappa shape index (κ2) is 7.65. The Kier molecular flexibility index (Phi) is 4.48. The van der Waals surface area contributed by atoms with E-state index >= 15 is 0 Å². The average Bonchev–Trinajstić information content (AvgIpc) is 3.16. The third-order valence-electron chi connectivity index (χ3n) is 5.37. The lowest BCUT2D eigenvalue weighted by atomic mass is 10.2. The van der Waals surface area contributed by atoms with Crippen LogP contribution >= 0.6 is 11.6 Å². The van der Waals surface area contributed by atoms with E-state index in [1.165, 1.54) is 10.9 Å². The van der Waals surface area contributed by atoms with Crippen LogP contribution in [-0.2, 0) is 0 Å². The quantitative estimate of drug-likeness (QED) is 0.362. The molecule has 33 heavy (non-hydrogen) atoms. The van der Waals surface area contributed by atoms with E-state index in [-0.39, 0.29) is 5.56 Å². The summed E-state index contributed by atoms with van der Waals surface area (Å²) in [6.07, 6.45) is 3.18. The van der Waals surface area contributed by atoms with E-state index in [2.05, 4.69) is 10.1 Å². The SMILES string of the molecule is O=c1c2c3nc4ccccc4nc3n(N=Cc3ccc(Cl)cc3)c2ncn1-c1ccccc1. The Bertz CT molecular complexity index is 1740. The van der Waals surface area contributed by atoms with Gasteiger partial charge in [-0.25, -0.2) is 15.0 Å². The minimum atomic E-state index is -0.235. The van der Waals surface area contributed by atoms with Crippen molar-refractivity contribution in [3.05, 3.63) is 106 Å². The molecule has 6 aromatic rings. The number of rotatable bonds is 3. The molecule has 158 valence electrons. The minimum Gasteiger partial charge on any atom is -0.268 e. The van der Waals surface area contributed by atoms with Gasteiger partial charge in [0.2, 0.25) is 0 Å². The zero-order chi connectivity index (χ0) is 22.4. The molecule has 0 fully saturated rings. The van der Waals surface area contributed by atoms with Crippen molar-refractivity contribution >= 4 is 51.0 Å². The highest BCUT2D eigenvalue weighted by Crippen LogP contribution is 2.25. The number of fused-ring (bicyclic) bond motifs is 4. The molecule has 0 spiro atoms. The normalized spacial score (nSPS) is 11.8. The maximum absolute atomic E-state index is 13.6. The van der Waals surface area contributed by atoms with E-state index in [1.54, 1.807) is 23.0 Å². The number of benzene rings is 3. The van der Waals surface area contributed by atoms with Gasteiger partial charge in [-0.1, -0.05) is 54.1 Å². The third-order valence-corrected chi connectivity index (χ3v) is 5.62. The lowest BCUT2D eigenvalue weighted by Gasteiger charge is -2.04. The van der Waals surface area contributed by atoms with Gasteiger partial charge >= 0.3 is 0 Å². The molecule has 0 aliphatic carbocycles. The lowest BCUT2D eigenvalue weighted by molar-refractivity contribution is 0.906. The Morgan fingerprint density at radius 3 is 2.27 bits per heavy atom. The molecule has 3 aromatic heterocycles. The van der Waals surface area contributed by atoms with Gasteiger partial charge in [-0.15, -0.1) is 0 Å². The van der Waals surface area contributed by atoms with Crippen LogP contribution in [0.1, 0.15) is 5.56 Å². The molecule has 0 N–H and O–H groups in total. The molecule has 6 rings (SSSR count). The summed E-state index contributed by atoms with van der Waals surface area (Å²) in [6.45, 7) is 0. The van der Waals surface area contributed by atoms with Gasteiger partial charge in [-0.05, 0) is 42.0 Å². The van der Waals surface area contributed by atoms with Gasteiger partial charge in [0, 0.05) is 5.02 Å². The first-order valence-electron chi connectivity index (χ1n) is 10.2. The van der Waals surface area contributed by atoms with E-state index in [0.717, 1.165) is 11.3 Å². The number of para-hydroxylation sites is 3. The summed E-state index contributed by atoms with van der Waals surface area (Å²) in [5.41, 5.74) is 4.05. The maximum atomic E-state index is 13.6. The summed E-state index contributed by atoms with van der Waals surface area (Å²) in [4.78, 5) is 27.7. The zero-order valence-electron chi connectivity index (χ0n) is 17.1. The summed E-state index contributed by atoms with van der Waals surface area (Å²) in [5.74, 6) is 0. The van der Waals surface area contributed by atoms with Crippen LogP contribution in [0.5, 0.6) is 0 Å². The van der Waals surface area contributed by atoms with Crippen LogP contribution in [0.2, 0.25) is 5.02 Å². The van der Waals surface area contributed by atoms with Crippen molar-refractivity contribution in [2.75, 3.05) is 0 Å². The maximum Gasteiger partial charge on any atom is 0.269 e. The molecule has 3 aromatic carbocycles. The predicted molar refractivity (Wildman–Crippen MR) is 130 cm³/mol. The van der Waals surface area contributed by atoms with E-state index in [1.807, 2.05) is 66.7 Å². The van der Waals surface area contributed by atoms with Crippen molar-refractivity contribution in [1.82, 2.24) is 24.2 Å². The number of halogens is 1. The molecule has 0 unspecified atom stereocenters. The summed E-state index contributed by atoms with van der Waals surface area (Å²) in [7, 11) is 0. The van der Waals surface area contributed by atoms with Crippen molar-refractivity contribution < 1.29 is 0 Å². The summed E-state index contributed by atoms with van der Waals surface area (Å²) in [5, 5.41) is 5.62. The first-order valence-corrected chi connectivity index (χ1v) is 10.6. The fourth-order valence-electron chi connectivity index (χ4n) is 3.77. The fourth-order valence-corrected chi connectivity index (χ4v) is 3.90. The number of hydrogen-bond acceptors (Lipinski definition) is 5. The molecule has 0 aliphatic heterocycles. The second-order valence-electron chi connectivity index (χ2n) is 7.45. The molecule has 3 heterocycles. The van der Waals surface area contributed by atoms with Crippen LogP contribution < -0.4 is 5.56 Å². The largest absolute Gasteiger partial charge is 0.269 e. The van der Waals surface area contributed by atoms with Crippen molar-refractivity contribution in [2.45, 2.75) is 0 Å². The molecule has 0 radical (unpaired) electrons. The number of nitrogens with zero attached hydrogens (tertiary/aromatic N) is 6. The van der Waals surface area contributed by atoms with Gasteiger partial charge in [-0.2, -0.15) is 9.78 Å². The van der Waals surface area contributed by atoms with Crippen molar-refractivity contribution in [3.8, 4) is 5.69 Å². The van der Waals surface area contributed by atoms with Crippen LogP contribution in [0, 0.1) is 0 Å².